The summed E-state index contributed by atoms with van der Waals surface area (Å²) < 4.78 is 13.0. The van der Waals surface area contributed by atoms with Gasteiger partial charge in [-0.3, -0.25) is 0 Å². The van der Waals surface area contributed by atoms with E-state index in [-0.39, 0.29) is 11.4 Å². The molecule has 0 spiro atoms. The van der Waals surface area contributed by atoms with Crippen LogP contribution in [0.1, 0.15) is 26.6 Å². The van der Waals surface area contributed by atoms with Gasteiger partial charge in [-0.25, -0.2) is 9.37 Å². The Balaban J connectivity index is 2.05. The first-order valence-electron chi connectivity index (χ1n) is 5.83. The average molecular weight is 235 g/mol. The van der Waals surface area contributed by atoms with Crippen LogP contribution >= 0.6 is 0 Å². The number of nitrogens with one attached hydrogen (secondary N) is 2. The zero-order valence-electron chi connectivity index (χ0n) is 10.5. The quantitative estimate of drug-likeness (QED) is 0.858. The van der Waals surface area contributed by atoms with Gasteiger partial charge in [0.05, 0.1) is 11.0 Å². The van der Waals surface area contributed by atoms with Crippen LogP contribution < -0.4 is 5.32 Å². The molecule has 2 aromatic rings. The van der Waals surface area contributed by atoms with Crippen LogP contribution in [0, 0.1) is 5.82 Å². The first kappa shape index (κ1) is 12.0. The largest absolute Gasteiger partial charge is 0.342 e. The Kier molecular flexibility index (Phi) is 3.15. The molecule has 0 aliphatic rings. The predicted molar refractivity (Wildman–Crippen MR) is 67.5 cm³/mol. The van der Waals surface area contributed by atoms with Crippen molar-refractivity contribution in [3.05, 3.63) is 29.8 Å². The number of nitrogens with zero attached hydrogens (tertiary/aromatic N) is 1. The van der Waals surface area contributed by atoms with Crippen LogP contribution in [-0.4, -0.2) is 22.1 Å². The van der Waals surface area contributed by atoms with Gasteiger partial charge in [0.25, 0.3) is 0 Å². The Morgan fingerprint density at radius 1 is 1.35 bits per heavy atom. The van der Waals surface area contributed by atoms with Gasteiger partial charge in [0, 0.05) is 18.5 Å². The van der Waals surface area contributed by atoms with Gasteiger partial charge in [-0.15, -0.1) is 0 Å². The van der Waals surface area contributed by atoms with Crippen molar-refractivity contribution in [1.82, 2.24) is 15.3 Å². The summed E-state index contributed by atoms with van der Waals surface area (Å²) in [7, 11) is 0. The molecule has 2 rings (SSSR count). The third-order valence-corrected chi connectivity index (χ3v) is 2.51. The fraction of sp³-hybridized carbons (Fsp3) is 0.462. The third-order valence-electron chi connectivity index (χ3n) is 2.51. The zero-order chi connectivity index (χ0) is 12.5. The standard InChI is InChI=1S/C13H18FN3/c1-13(2,3)15-7-6-12-16-10-5-4-9(14)8-11(10)17-12/h4-5,8,15H,6-7H2,1-3H3,(H,16,17). The first-order chi connectivity index (χ1) is 7.94. The number of halogens is 1. The van der Waals surface area contributed by atoms with Crippen molar-refractivity contribution in [2.45, 2.75) is 32.7 Å². The molecule has 0 amide bonds. The Labute approximate surface area is 100 Å². The van der Waals surface area contributed by atoms with Gasteiger partial charge < -0.3 is 10.3 Å². The van der Waals surface area contributed by atoms with E-state index in [2.05, 4.69) is 36.1 Å². The van der Waals surface area contributed by atoms with E-state index in [1.165, 1.54) is 12.1 Å². The minimum atomic E-state index is -0.236. The van der Waals surface area contributed by atoms with E-state index in [9.17, 15) is 4.39 Å². The second-order valence-electron chi connectivity index (χ2n) is 5.27. The van der Waals surface area contributed by atoms with Crippen LogP contribution in [0.2, 0.25) is 0 Å². The van der Waals surface area contributed by atoms with Crippen molar-refractivity contribution < 1.29 is 4.39 Å². The molecule has 1 aromatic carbocycles. The Hall–Kier alpha value is -1.42. The van der Waals surface area contributed by atoms with Gasteiger partial charge in [-0.1, -0.05) is 0 Å². The van der Waals surface area contributed by atoms with Gasteiger partial charge in [0.1, 0.15) is 11.6 Å². The molecule has 1 heterocycles. The second-order valence-corrected chi connectivity index (χ2v) is 5.27. The van der Waals surface area contributed by atoms with E-state index in [1.54, 1.807) is 6.07 Å². The molecule has 0 unspecified atom stereocenters. The number of H-pyrrole nitrogens is 1. The molecule has 0 fully saturated rings. The van der Waals surface area contributed by atoms with Crippen molar-refractivity contribution in [3.63, 3.8) is 0 Å². The lowest BCUT2D eigenvalue weighted by molar-refractivity contribution is 0.428. The number of benzene rings is 1. The van der Waals surface area contributed by atoms with Crippen molar-refractivity contribution >= 4 is 11.0 Å². The van der Waals surface area contributed by atoms with Gasteiger partial charge >= 0.3 is 0 Å². The number of imidazole rings is 1. The lowest BCUT2D eigenvalue weighted by Gasteiger charge is -2.19. The number of fused-ring (bicyclic) bond motifs is 1. The van der Waals surface area contributed by atoms with Crippen molar-refractivity contribution in [3.8, 4) is 0 Å². The molecule has 1 aromatic heterocycles. The minimum Gasteiger partial charge on any atom is -0.342 e. The molecule has 17 heavy (non-hydrogen) atoms. The summed E-state index contributed by atoms with van der Waals surface area (Å²) in [5.74, 6) is 0.655. The number of hydrogen-bond donors (Lipinski definition) is 2. The fourth-order valence-corrected chi connectivity index (χ4v) is 1.71. The summed E-state index contributed by atoms with van der Waals surface area (Å²) in [6, 6.07) is 4.60. The first-order valence-corrected chi connectivity index (χ1v) is 5.83. The Bertz CT molecular complexity index is 511. The van der Waals surface area contributed by atoms with Crippen LogP contribution in [0.25, 0.3) is 11.0 Å². The summed E-state index contributed by atoms with van der Waals surface area (Å²) in [6.07, 6.45) is 0.813. The van der Waals surface area contributed by atoms with Crippen LogP contribution in [0.5, 0.6) is 0 Å². The van der Waals surface area contributed by atoms with E-state index in [0.717, 1.165) is 29.8 Å². The molecule has 0 saturated heterocycles. The second kappa shape index (κ2) is 4.45. The van der Waals surface area contributed by atoms with Crippen molar-refractivity contribution in [2.75, 3.05) is 6.54 Å². The maximum absolute atomic E-state index is 13.0. The molecule has 0 atom stereocenters. The summed E-state index contributed by atoms with van der Waals surface area (Å²) in [5.41, 5.74) is 1.69. The van der Waals surface area contributed by atoms with Crippen LogP contribution in [0.15, 0.2) is 18.2 Å². The Morgan fingerprint density at radius 3 is 2.82 bits per heavy atom. The Morgan fingerprint density at radius 2 is 2.12 bits per heavy atom. The van der Waals surface area contributed by atoms with E-state index in [1.807, 2.05) is 0 Å². The summed E-state index contributed by atoms with van der Waals surface area (Å²) in [6.45, 7) is 7.23. The molecule has 4 heteroatoms. The smallest absolute Gasteiger partial charge is 0.125 e. The number of rotatable bonds is 3. The number of hydrogen-bond acceptors (Lipinski definition) is 2. The molecule has 3 nitrogen and oxygen atoms in total. The van der Waals surface area contributed by atoms with E-state index in [0.29, 0.717) is 0 Å². The highest BCUT2D eigenvalue weighted by Gasteiger charge is 2.09. The van der Waals surface area contributed by atoms with Gasteiger partial charge in [-0.05, 0) is 39.0 Å². The van der Waals surface area contributed by atoms with Gasteiger partial charge in [-0.2, -0.15) is 0 Å². The van der Waals surface area contributed by atoms with Crippen molar-refractivity contribution in [1.29, 1.82) is 0 Å². The van der Waals surface area contributed by atoms with Gasteiger partial charge in [0.2, 0.25) is 0 Å². The molecular weight excluding hydrogens is 217 g/mol. The SMILES string of the molecule is CC(C)(C)NCCc1nc2ccc(F)cc2[nH]1. The summed E-state index contributed by atoms with van der Waals surface area (Å²) >= 11 is 0. The molecule has 92 valence electrons. The average Bonchev–Trinajstić information content (AvgIpc) is 2.57. The molecule has 0 saturated carbocycles. The van der Waals surface area contributed by atoms with E-state index < -0.39 is 0 Å². The third kappa shape index (κ3) is 3.27. The molecule has 0 bridgehead atoms. The topological polar surface area (TPSA) is 40.7 Å². The molecular formula is C13H18FN3. The van der Waals surface area contributed by atoms with Gasteiger partial charge in [0.15, 0.2) is 0 Å². The zero-order valence-corrected chi connectivity index (χ0v) is 10.5. The predicted octanol–water partition coefficient (Wildman–Crippen LogP) is 2.63. The van der Waals surface area contributed by atoms with E-state index in [4.69, 9.17) is 0 Å². The van der Waals surface area contributed by atoms with Crippen LogP contribution in [-0.2, 0) is 6.42 Å². The molecule has 0 radical (unpaired) electrons. The number of aromatic nitrogens is 2. The lowest BCUT2D eigenvalue weighted by Crippen LogP contribution is -2.37. The van der Waals surface area contributed by atoms with E-state index >= 15 is 0 Å². The number of aromatic amines is 1. The van der Waals surface area contributed by atoms with Crippen LogP contribution in [0.3, 0.4) is 0 Å². The fourth-order valence-electron chi connectivity index (χ4n) is 1.71. The highest BCUT2D eigenvalue weighted by Crippen LogP contribution is 2.13. The highest BCUT2D eigenvalue weighted by molar-refractivity contribution is 5.74. The van der Waals surface area contributed by atoms with Crippen LogP contribution in [0.4, 0.5) is 4.39 Å². The normalized spacial score (nSPS) is 12.2. The monoisotopic (exact) mass is 235 g/mol. The summed E-state index contributed by atoms with van der Waals surface area (Å²) in [4.78, 5) is 7.54. The molecule has 2 N–H and O–H groups in total. The minimum absolute atomic E-state index is 0.109. The lowest BCUT2D eigenvalue weighted by atomic mass is 10.1. The maximum atomic E-state index is 13.0. The maximum Gasteiger partial charge on any atom is 0.125 e. The van der Waals surface area contributed by atoms with Crippen molar-refractivity contribution in [2.24, 2.45) is 0 Å². The highest BCUT2D eigenvalue weighted by atomic mass is 19.1. The molecule has 0 aliphatic carbocycles. The molecule has 0 aliphatic heterocycles. The summed E-state index contributed by atoms with van der Waals surface area (Å²) in [5, 5.41) is 3.39.